The molecule has 0 saturated carbocycles. The van der Waals surface area contributed by atoms with Crippen LogP contribution in [0.15, 0.2) is 118 Å². The van der Waals surface area contributed by atoms with Gasteiger partial charge in [-0.25, -0.2) is 0 Å². The third-order valence-electron chi connectivity index (χ3n) is 11.6. The molecule has 308 valence electrons. The van der Waals surface area contributed by atoms with Crippen LogP contribution in [-0.4, -0.2) is 67.4 Å². The first-order valence-electron chi connectivity index (χ1n) is 19.7. The zero-order valence-electron chi connectivity index (χ0n) is 33.8. The van der Waals surface area contributed by atoms with E-state index in [1.807, 2.05) is 33.0 Å². The van der Waals surface area contributed by atoms with Crippen LogP contribution >= 0.6 is 0 Å². The number of hydrogen-bond acceptors (Lipinski definition) is 7. The lowest BCUT2D eigenvalue weighted by Gasteiger charge is -2.27. The Kier molecular flexibility index (Phi) is 12.4. The van der Waals surface area contributed by atoms with Gasteiger partial charge in [0.1, 0.15) is 12.8 Å². The molecular formula is C45H54N3O8S2+. The molecule has 6 rings (SSSR count). The Balaban J connectivity index is 1.16. The molecule has 0 aromatic heterocycles. The lowest BCUT2D eigenvalue weighted by atomic mass is 9.81. The van der Waals surface area contributed by atoms with Gasteiger partial charge in [-0.05, 0) is 123 Å². The van der Waals surface area contributed by atoms with Crippen LogP contribution in [0.5, 0.6) is 5.75 Å². The Labute approximate surface area is 342 Å². The van der Waals surface area contributed by atoms with Crippen LogP contribution in [0.2, 0.25) is 0 Å². The highest BCUT2D eigenvalue weighted by molar-refractivity contribution is 7.86. The van der Waals surface area contributed by atoms with Crippen LogP contribution in [0.25, 0.3) is 0 Å². The first-order valence-corrected chi connectivity index (χ1v) is 22.6. The minimum atomic E-state index is -4.40. The summed E-state index contributed by atoms with van der Waals surface area (Å²) in [6.07, 6.45) is 16.9. The van der Waals surface area contributed by atoms with E-state index >= 15 is 0 Å². The number of hydrogen-bond donors (Lipinski definition) is 4. The maximum Gasteiger partial charge on any atom is 0.294 e. The van der Waals surface area contributed by atoms with Crippen molar-refractivity contribution in [3.05, 3.63) is 125 Å². The number of rotatable bonds is 14. The monoisotopic (exact) mass is 828 g/mol. The van der Waals surface area contributed by atoms with Gasteiger partial charge in [-0.1, -0.05) is 50.6 Å². The second-order valence-corrected chi connectivity index (χ2v) is 19.3. The molecule has 4 N–H and O–H groups in total. The third-order valence-corrected chi connectivity index (χ3v) is 13.3. The predicted octanol–water partition coefficient (Wildman–Crippen LogP) is 8.09. The first kappa shape index (κ1) is 42.8. The molecule has 3 aromatic rings. The molecule has 58 heavy (non-hydrogen) atoms. The molecule has 0 radical (unpaired) electrons. The topological polar surface area (TPSA) is 164 Å². The second-order valence-electron chi connectivity index (χ2n) is 16.4. The van der Waals surface area contributed by atoms with E-state index in [9.17, 15) is 35.8 Å². The van der Waals surface area contributed by atoms with Crippen LogP contribution in [0.4, 0.5) is 11.4 Å². The Bertz CT molecular complexity index is 2480. The van der Waals surface area contributed by atoms with E-state index in [4.69, 9.17) is 0 Å². The Morgan fingerprint density at radius 2 is 1.50 bits per heavy atom. The third kappa shape index (κ3) is 9.39. The summed E-state index contributed by atoms with van der Waals surface area (Å²) in [6.45, 7) is 9.40. The van der Waals surface area contributed by atoms with Crippen molar-refractivity contribution in [1.29, 1.82) is 0 Å². The quantitative estimate of drug-likeness (QED) is 0.0715. The van der Waals surface area contributed by atoms with Crippen molar-refractivity contribution < 1.29 is 40.4 Å². The average molecular weight is 829 g/mol. The number of allylic oxidation sites excluding steroid dienone is 8. The van der Waals surface area contributed by atoms with E-state index in [1.54, 1.807) is 36.4 Å². The number of aromatic hydroxyl groups is 1. The molecule has 3 aromatic carbocycles. The van der Waals surface area contributed by atoms with Crippen molar-refractivity contribution in [2.24, 2.45) is 0 Å². The Hall–Kier alpha value is -4.82. The summed E-state index contributed by atoms with van der Waals surface area (Å²) in [7, 11) is -6.77. The minimum absolute atomic E-state index is 0.00283. The fourth-order valence-electron chi connectivity index (χ4n) is 8.38. The fourth-order valence-corrected chi connectivity index (χ4v) is 9.39. The van der Waals surface area contributed by atoms with E-state index in [0.29, 0.717) is 25.9 Å². The number of fused-ring (bicyclic) bond motifs is 2. The number of carbonyl (C=O) groups is 1. The largest absolute Gasteiger partial charge is 0.508 e. The normalized spacial score (nSPS) is 18.9. The molecule has 0 bridgehead atoms. The highest BCUT2D eigenvalue weighted by Gasteiger charge is 2.44. The Morgan fingerprint density at radius 3 is 2.19 bits per heavy atom. The SMILES string of the molecule is C[N+]1=C(/C=C/C2=CC(=C/C=C3/N(CCCCCC(=O)NCCc4ccc(O)cc4)c4ccc(S(=O)(=O)O)cc4C3(C)C)/CCC2)C(C)(C)c2cc(S(=O)(=O)O)ccc21. The van der Waals surface area contributed by atoms with Crippen LogP contribution < -0.4 is 10.2 Å². The molecule has 0 atom stereocenters. The molecular weight excluding hydrogens is 775 g/mol. The van der Waals surface area contributed by atoms with Crippen molar-refractivity contribution in [2.45, 2.75) is 99.7 Å². The molecule has 2 heterocycles. The number of unbranched alkanes of at least 4 members (excludes halogenated alkanes) is 2. The lowest BCUT2D eigenvalue weighted by molar-refractivity contribution is -0.401. The van der Waals surface area contributed by atoms with E-state index < -0.39 is 31.1 Å². The highest BCUT2D eigenvalue weighted by atomic mass is 32.2. The number of phenolic OH excluding ortho intramolecular Hbond substituents is 1. The number of nitrogens with one attached hydrogen (secondary N) is 1. The zero-order chi connectivity index (χ0) is 42.0. The molecule has 1 amide bonds. The van der Waals surface area contributed by atoms with Crippen molar-refractivity contribution in [1.82, 2.24) is 5.32 Å². The van der Waals surface area contributed by atoms with Gasteiger partial charge < -0.3 is 15.3 Å². The number of carbonyl (C=O) groups excluding carboxylic acids is 1. The highest BCUT2D eigenvalue weighted by Crippen LogP contribution is 2.49. The molecule has 0 spiro atoms. The maximum absolute atomic E-state index is 12.5. The number of phenols is 1. The summed E-state index contributed by atoms with van der Waals surface area (Å²) in [5, 5.41) is 12.5. The summed E-state index contributed by atoms with van der Waals surface area (Å²) in [5.74, 6) is 0.216. The van der Waals surface area contributed by atoms with E-state index in [1.165, 1.54) is 12.1 Å². The molecule has 3 aliphatic rings. The zero-order valence-corrected chi connectivity index (χ0v) is 35.5. The Morgan fingerprint density at radius 1 is 0.828 bits per heavy atom. The standard InChI is InChI=1S/C45H53N3O8S2/c1-44(2)37-29-35(57(51,52)53)19-21-39(37)47(5)41(44)23-15-32-10-9-11-33(28-32)16-24-42-45(3,4)38-30-36(58(54,55)56)20-22-40(38)48(42)27-8-6-7-12-43(50)46-26-25-31-13-17-34(49)18-14-31/h13-24,28-30H,6-12,25-27H2,1-5H3,(H3-,46,49,50,51,52,53,54,55,56)/p+1. The number of nitrogens with zero attached hydrogens (tertiary/aromatic N) is 2. The maximum atomic E-state index is 12.5. The average Bonchev–Trinajstić information content (AvgIpc) is 3.49. The van der Waals surface area contributed by atoms with Crippen LogP contribution in [0.3, 0.4) is 0 Å². The number of amides is 1. The second kappa shape index (κ2) is 16.8. The number of benzene rings is 3. The number of anilines is 1. The van der Waals surface area contributed by atoms with Crippen molar-refractivity contribution in [3.63, 3.8) is 0 Å². The molecule has 0 fully saturated rings. The van der Waals surface area contributed by atoms with Gasteiger partial charge in [-0.15, -0.1) is 0 Å². The van der Waals surface area contributed by atoms with Crippen LogP contribution in [0.1, 0.15) is 89.3 Å². The molecule has 11 nitrogen and oxygen atoms in total. The molecule has 0 saturated heterocycles. The van der Waals surface area contributed by atoms with Crippen molar-refractivity contribution in [2.75, 3.05) is 25.0 Å². The lowest BCUT2D eigenvalue weighted by Crippen LogP contribution is -2.27. The summed E-state index contributed by atoms with van der Waals surface area (Å²) in [6, 6.07) is 16.4. The van der Waals surface area contributed by atoms with Crippen molar-refractivity contribution in [3.8, 4) is 5.75 Å². The summed E-state index contributed by atoms with van der Waals surface area (Å²) >= 11 is 0. The first-order chi connectivity index (χ1) is 27.3. The smallest absolute Gasteiger partial charge is 0.294 e. The van der Waals surface area contributed by atoms with E-state index in [0.717, 1.165) is 89.1 Å². The van der Waals surface area contributed by atoms with Gasteiger partial charge in [0.25, 0.3) is 20.2 Å². The van der Waals surface area contributed by atoms with Crippen LogP contribution in [-0.2, 0) is 42.3 Å². The minimum Gasteiger partial charge on any atom is -0.508 e. The van der Waals surface area contributed by atoms with Gasteiger partial charge in [-0.3, -0.25) is 13.9 Å². The summed E-state index contributed by atoms with van der Waals surface area (Å²) in [4.78, 5) is 14.5. The van der Waals surface area contributed by atoms with E-state index in [-0.39, 0.29) is 21.4 Å². The van der Waals surface area contributed by atoms with Crippen LogP contribution in [0, 0.1) is 0 Å². The summed E-state index contributed by atoms with van der Waals surface area (Å²) < 4.78 is 69.6. The predicted molar refractivity (Wildman–Crippen MR) is 227 cm³/mol. The van der Waals surface area contributed by atoms with Gasteiger partial charge >= 0.3 is 0 Å². The van der Waals surface area contributed by atoms with Crippen molar-refractivity contribution >= 4 is 43.2 Å². The molecule has 1 aliphatic carbocycles. The molecule has 2 aliphatic heterocycles. The molecule has 13 heteroatoms. The van der Waals surface area contributed by atoms with Gasteiger partial charge in [-0.2, -0.15) is 21.4 Å². The molecule has 0 unspecified atom stereocenters. The summed E-state index contributed by atoms with van der Waals surface area (Å²) in [5.41, 5.74) is 7.73. The van der Waals surface area contributed by atoms with Gasteiger partial charge in [0.05, 0.1) is 15.2 Å². The van der Waals surface area contributed by atoms with Gasteiger partial charge in [0.2, 0.25) is 11.6 Å². The van der Waals surface area contributed by atoms with E-state index in [2.05, 4.69) is 59.0 Å². The van der Waals surface area contributed by atoms with Gasteiger partial charge in [0.15, 0.2) is 5.71 Å². The van der Waals surface area contributed by atoms with Gasteiger partial charge in [0, 0.05) is 54.0 Å². The fraction of sp³-hybridized carbons (Fsp3) is 0.378.